The fourth-order valence-electron chi connectivity index (χ4n) is 7.70. The molecule has 0 aliphatic heterocycles. The van der Waals surface area contributed by atoms with Gasteiger partial charge >= 0.3 is 28.5 Å². The van der Waals surface area contributed by atoms with Gasteiger partial charge in [0.2, 0.25) is 0 Å². The van der Waals surface area contributed by atoms with Crippen molar-refractivity contribution in [3.63, 3.8) is 0 Å². The SMILES string of the molecule is CCCCCCCCC1(CCCCCCCC)c2cc(C(CCB(O)O)B(O)O)ccc2-c2ccc(C(CCB(O)O)B(O)O)cc21. The van der Waals surface area contributed by atoms with E-state index in [2.05, 4.69) is 38.1 Å². The van der Waals surface area contributed by atoms with E-state index in [9.17, 15) is 40.2 Å². The summed E-state index contributed by atoms with van der Waals surface area (Å²) in [6.45, 7) is 4.43. The summed E-state index contributed by atoms with van der Waals surface area (Å²) in [5.74, 6) is -1.36. The molecule has 258 valence electrons. The first-order valence-electron chi connectivity index (χ1n) is 18.3. The number of fused-ring (bicyclic) bond motifs is 3. The van der Waals surface area contributed by atoms with Gasteiger partial charge in [-0.1, -0.05) is 127 Å². The Morgan fingerprint density at radius 3 is 1.21 bits per heavy atom. The average molecular weight is 650 g/mol. The summed E-state index contributed by atoms with van der Waals surface area (Å²) >= 11 is 0. The van der Waals surface area contributed by atoms with E-state index in [0.29, 0.717) is 0 Å². The standard InChI is InChI=1S/C35H58B4O8/c1-3-5-7-9-11-13-21-35(22-14-12-10-8-6-4-2)31-25-27(33(38(44)45)19-23-36(40)41)15-17-29(31)30-18-16-28(26-32(30)35)34(39(46)47)20-24-37(42)43/h15-18,25-26,33-34,40-47H,3-14,19-24H2,1-2H3. The molecule has 2 unspecified atom stereocenters. The van der Waals surface area contributed by atoms with E-state index in [0.717, 1.165) is 71.9 Å². The predicted octanol–water partition coefficient (Wildman–Crippen LogP) is 5.37. The molecule has 2 atom stereocenters. The van der Waals surface area contributed by atoms with Crippen molar-refractivity contribution in [1.82, 2.24) is 0 Å². The number of benzene rings is 2. The van der Waals surface area contributed by atoms with Crippen LogP contribution in [0, 0.1) is 0 Å². The largest absolute Gasteiger partial charge is 0.459 e. The molecule has 1 aliphatic carbocycles. The van der Waals surface area contributed by atoms with Gasteiger partial charge in [0.15, 0.2) is 0 Å². The molecule has 0 amide bonds. The molecule has 0 aromatic heterocycles. The minimum atomic E-state index is -1.65. The molecule has 0 heterocycles. The highest BCUT2D eigenvalue weighted by Gasteiger charge is 2.44. The highest BCUT2D eigenvalue weighted by Crippen LogP contribution is 2.55. The van der Waals surface area contributed by atoms with E-state index in [4.69, 9.17) is 0 Å². The molecule has 8 nitrogen and oxygen atoms in total. The van der Waals surface area contributed by atoms with Crippen LogP contribution < -0.4 is 0 Å². The highest BCUT2D eigenvalue weighted by molar-refractivity contribution is 6.45. The third-order valence-electron chi connectivity index (χ3n) is 10.4. The summed E-state index contributed by atoms with van der Waals surface area (Å²) in [5.41, 5.74) is 5.61. The van der Waals surface area contributed by atoms with Gasteiger partial charge in [0.05, 0.1) is 0 Å². The first-order valence-corrected chi connectivity index (χ1v) is 18.3. The Hall–Kier alpha value is -1.62. The lowest BCUT2D eigenvalue weighted by Gasteiger charge is -2.34. The van der Waals surface area contributed by atoms with Crippen LogP contribution in [0.4, 0.5) is 0 Å². The highest BCUT2D eigenvalue weighted by atomic mass is 16.4. The van der Waals surface area contributed by atoms with E-state index >= 15 is 0 Å². The molecule has 0 radical (unpaired) electrons. The van der Waals surface area contributed by atoms with Crippen molar-refractivity contribution in [2.75, 3.05) is 0 Å². The van der Waals surface area contributed by atoms with Crippen LogP contribution in [0.1, 0.15) is 150 Å². The zero-order chi connectivity index (χ0) is 34.4. The molecule has 0 bridgehead atoms. The molecule has 0 fully saturated rings. The molecular weight excluding hydrogens is 592 g/mol. The second kappa shape index (κ2) is 20.1. The Morgan fingerprint density at radius 2 is 0.872 bits per heavy atom. The quantitative estimate of drug-likeness (QED) is 0.0556. The minimum Gasteiger partial charge on any atom is -0.427 e. The summed E-state index contributed by atoms with van der Waals surface area (Å²) in [4.78, 5) is 0. The first kappa shape index (κ1) is 39.8. The maximum absolute atomic E-state index is 10.4. The van der Waals surface area contributed by atoms with Crippen LogP contribution in [0.2, 0.25) is 12.6 Å². The summed E-state index contributed by atoms with van der Waals surface area (Å²) in [5, 5.41) is 79.6. The molecule has 0 saturated heterocycles. The number of hydrogen-bond donors (Lipinski definition) is 8. The van der Waals surface area contributed by atoms with E-state index in [1.54, 1.807) is 0 Å². The topological polar surface area (TPSA) is 162 Å². The van der Waals surface area contributed by atoms with Crippen molar-refractivity contribution < 1.29 is 40.2 Å². The van der Waals surface area contributed by atoms with Crippen molar-refractivity contribution in [2.45, 2.75) is 146 Å². The number of rotatable bonds is 24. The van der Waals surface area contributed by atoms with Crippen LogP contribution in [0.15, 0.2) is 36.4 Å². The molecule has 0 spiro atoms. The predicted molar refractivity (Wildman–Crippen MR) is 194 cm³/mol. The van der Waals surface area contributed by atoms with Crippen LogP contribution in [0.25, 0.3) is 11.1 Å². The molecule has 47 heavy (non-hydrogen) atoms. The third-order valence-corrected chi connectivity index (χ3v) is 10.4. The normalized spacial score (nSPS) is 14.4. The van der Waals surface area contributed by atoms with Crippen molar-refractivity contribution in [3.05, 3.63) is 58.7 Å². The third kappa shape index (κ3) is 11.2. The van der Waals surface area contributed by atoms with E-state index in [-0.39, 0.29) is 30.9 Å². The van der Waals surface area contributed by atoms with Crippen LogP contribution in [-0.4, -0.2) is 68.7 Å². The number of hydrogen-bond acceptors (Lipinski definition) is 8. The second-order valence-electron chi connectivity index (χ2n) is 13.9. The van der Waals surface area contributed by atoms with E-state index in [1.807, 2.05) is 12.1 Å². The Morgan fingerprint density at radius 1 is 0.511 bits per heavy atom. The molecule has 0 saturated carbocycles. The van der Waals surface area contributed by atoms with E-state index < -0.39 is 40.1 Å². The van der Waals surface area contributed by atoms with Crippen LogP contribution in [0.3, 0.4) is 0 Å². The Balaban J connectivity index is 2.13. The fraction of sp³-hybridized carbons (Fsp3) is 0.657. The molecule has 2 aromatic rings. The lowest BCUT2D eigenvalue weighted by atomic mass is 9.62. The van der Waals surface area contributed by atoms with Crippen molar-refractivity contribution >= 4 is 28.5 Å². The maximum atomic E-state index is 10.4. The molecular formula is C35H58B4O8. The molecule has 8 N–H and O–H groups in total. The van der Waals surface area contributed by atoms with Gasteiger partial charge in [-0.2, -0.15) is 0 Å². The van der Waals surface area contributed by atoms with Gasteiger partial charge < -0.3 is 40.2 Å². The smallest absolute Gasteiger partial charge is 0.427 e. The van der Waals surface area contributed by atoms with Gasteiger partial charge in [-0.25, -0.2) is 0 Å². The Bertz CT molecular complexity index is 1100. The average Bonchev–Trinajstić information content (AvgIpc) is 3.28. The van der Waals surface area contributed by atoms with Crippen LogP contribution in [0.5, 0.6) is 0 Å². The lowest BCUT2D eigenvalue weighted by Crippen LogP contribution is -2.29. The monoisotopic (exact) mass is 650 g/mol. The summed E-state index contributed by atoms with van der Waals surface area (Å²) in [6, 6.07) is 12.2. The zero-order valence-corrected chi connectivity index (χ0v) is 28.7. The lowest BCUT2D eigenvalue weighted by molar-refractivity contribution is 0.374. The van der Waals surface area contributed by atoms with Crippen molar-refractivity contribution in [1.29, 1.82) is 0 Å². The zero-order valence-electron chi connectivity index (χ0n) is 28.7. The van der Waals surface area contributed by atoms with Gasteiger partial charge in [-0.3, -0.25) is 0 Å². The van der Waals surface area contributed by atoms with Crippen LogP contribution >= 0.6 is 0 Å². The maximum Gasteiger partial charge on any atom is 0.459 e. The van der Waals surface area contributed by atoms with Crippen LogP contribution in [-0.2, 0) is 5.41 Å². The second-order valence-corrected chi connectivity index (χ2v) is 13.9. The van der Waals surface area contributed by atoms with Gasteiger partial charge in [0, 0.05) is 17.0 Å². The van der Waals surface area contributed by atoms with Crippen molar-refractivity contribution in [2.24, 2.45) is 0 Å². The molecule has 1 aliphatic rings. The minimum absolute atomic E-state index is 0.0248. The fourth-order valence-corrected chi connectivity index (χ4v) is 7.70. The molecule has 2 aromatic carbocycles. The molecule has 12 heteroatoms. The summed E-state index contributed by atoms with van der Waals surface area (Å²) < 4.78 is 0. The van der Waals surface area contributed by atoms with Gasteiger partial charge in [-0.15, -0.1) is 0 Å². The Kier molecular flexibility index (Phi) is 17.1. The van der Waals surface area contributed by atoms with Gasteiger partial charge in [-0.05, 0) is 71.7 Å². The van der Waals surface area contributed by atoms with Gasteiger partial charge in [0.1, 0.15) is 0 Å². The van der Waals surface area contributed by atoms with Crippen molar-refractivity contribution in [3.8, 4) is 11.1 Å². The molecule has 3 rings (SSSR count). The Labute approximate surface area is 284 Å². The van der Waals surface area contributed by atoms with Gasteiger partial charge in [0.25, 0.3) is 0 Å². The van der Waals surface area contributed by atoms with E-state index in [1.165, 1.54) is 51.4 Å². The number of unbranched alkanes of at least 4 members (excludes halogenated alkanes) is 10. The summed E-state index contributed by atoms with van der Waals surface area (Å²) in [7, 11) is -6.37. The first-order chi connectivity index (χ1) is 22.5. The summed E-state index contributed by atoms with van der Waals surface area (Å²) in [6.07, 6.45) is 16.1.